The smallest absolute Gasteiger partial charge is 0.314 e. The van der Waals surface area contributed by atoms with Crippen molar-refractivity contribution in [1.82, 2.24) is 9.45 Å². The highest BCUT2D eigenvalue weighted by Gasteiger charge is 2.23. The highest BCUT2D eigenvalue weighted by atomic mass is 28.4. The van der Waals surface area contributed by atoms with E-state index in [1.165, 1.54) is 0 Å². The molecule has 0 atom stereocenters. The maximum Gasteiger partial charge on any atom is 0.314 e. The predicted octanol–water partition coefficient (Wildman–Crippen LogP) is 1.04. The van der Waals surface area contributed by atoms with E-state index in [0.29, 0.717) is 0 Å². The first kappa shape index (κ1) is 8.48. The summed E-state index contributed by atoms with van der Waals surface area (Å²) in [5, 5.41) is 4.21. The lowest BCUT2D eigenvalue weighted by atomic mass is 10.4. The molecule has 0 amide bonds. The fourth-order valence-electron chi connectivity index (χ4n) is 1.18. The summed E-state index contributed by atoms with van der Waals surface area (Å²) in [7, 11) is -2.25. The van der Waals surface area contributed by atoms with Crippen LogP contribution in [0, 0.1) is 13.8 Å². The van der Waals surface area contributed by atoms with E-state index in [1.807, 2.05) is 33.0 Å². The molecular weight excluding hydrogens is 156 g/mol. The van der Waals surface area contributed by atoms with Crippen LogP contribution < -0.4 is 0 Å². The number of nitrogens with zero attached hydrogens (tertiary/aromatic N) is 2. The molecule has 0 radical (unpaired) electrons. The number of hydrogen-bond donors (Lipinski definition) is 1. The normalized spacial score (nSPS) is 12.1. The van der Waals surface area contributed by atoms with Crippen molar-refractivity contribution in [1.29, 1.82) is 0 Å². The van der Waals surface area contributed by atoms with E-state index in [2.05, 4.69) is 5.10 Å². The molecule has 0 aromatic carbocycles. The molecule has 0 fully saturated rings. The first-order chi connectivity index (χ1) is 4.91. The van der Waals surface area contributed by atoms with Gasteiger partial charge in [0, 0.05) is 5.69 Å². The molecule has 0 aliphatic heterocycles. The van der Waals surface area contributed by atoms with E-state index in [0.717, 1.165) is 11.4 Å². The van der Waals surface area contributed by atoms with Crippen LogP contribution in [-0.2, 0) is 0 Å². The van der Waals surface area contributed by atoms with Crippen molar-refractivity contribution in [3.63, 3.8) is 0 Å². The first-order valence-corrected chi connectivity index (χ1v) is 6.57. The largest absolute Gasteiger partial charge is 0.414 e. The Bertz CT molecular complexity index is 262. The summed E-state index contributed by atoms with van der Waals surface area (Å²) in [6, 6.07) is 1.98. The molecule has 4 heteroatoms. The van der Waals surface area contributed by atoms with E-state index in [4.69, 9.17) is 0 Å². The predicted molar refractivity (Wildman–Crippen MR) is 46.8 cm³/mol. The third kappa shape index (κ3) is 1.69. The molecule has 0 bridgehead atoms. The van der Waals surface area contributed by atoms with Gasteiger partial charge >= 0.3 is 8.48 Å². The standard InChI is InChI=1S/C7H14N2OSi/c1-6-5-7(2)9(8-6)11(3,4)10/h5,10H,1-4H3. The highest BCUT2D eigenvalue weighted by molar-refractivity contribution is 6.67. The monoisotopic (exact) mass is 170 g/mol. The summed E-state index contributed by atoms with van der Waals surface area (Å²) in [5.41, 5.74) is 2.01. The third-order valence-electron chi connectivity index (χ3n) is 1.53. The second-order valence-electron chi connectivity index (χ2n) is 3.33. The number of aryl methyl sites for hydroxylation is 2. The Labute approximate surface area is 67.9 Å². The molecule has 1 aromatic rings. The Morgan fingerprint density at radius 1 is 1.45 bits per heavy atom. The molecule has 0 aliphatic rings. The lowest BCUT2D eigenvalue weighted by Crippen LogP contribution is -2.38. The van der Waals surface area contributed by atoms with E-state index in [1.54, 1.807) is 4.35 Å². The highest BCUT2D eigenvalue weighted by Crippen LogP contribution is 2.07. The SMILES string of the molecule is Cc1cc(C)n([Si](C)(C)O)n1. The number of hydrogen-bond acceptors (Lipinski definition) is 2. The topological polar surface area (TPSA) is 38.0 Å². The van der Waals surface area contributed by atoms with Crippen molar-refractivity contribution < 1.29 is 4.80 Å². The van der Waals surface area contributed by atoms with Gasteiger partial charge in [0.1, 0.15) is 0 Å². The summed E-state index contributed by atoms with van der Waals surface area (Å²) in [6.07, 6.45) is 0. The van der Waals surface area contributed by atoms with Gasteiger partial charge in [-0.05, 0) is 33.0 Å². The van der Waals surface area contributed by atoms with Crippen LogP contribution in [0.4, 0.5) is 0 Å². The van der Waals surface area contributed by atoms with Crippen LogP contribution in [0.2, 0.25) is 13.1 Å². The second kappa shape index (κ2) is 2.46. The van der Waals surface area contributed by atoms with E-state index in [9.17, 15) is 4.80 Å². The minimum atomic E-state index is -2.25. The maximum absolute atomic E-state index is 9.72. The van der Waals surface area contributed by atoms with E-state index < -0.39 is 8.48 Å². The Morgan fingerprint density at radius 3 is 2.18 bits per heavy atom. The molecule has 0 saturated heterocycles. The molecule has 1 rings (SSSR count). The molecule has 62 valence electrons. The van der Waals surface area contributed by atoms with Gasteiger partial charge in [-0.25, -0.2) is 0 Å². The van der Waals surface area contributed by atoms with Gasteiger partial charge in [0.25, 0.3) is 0 Å². The van der Waals surface area contributed by atoms with Crippen LogP contribution in [0.3, 0.4) is 0 Å². The summed E-state index contributed by atoms with van der Waals surface area (Å²) < 4.78 is 1.75. The summed E-state index contributed by atoms with van der Waals surface area (Å²) in [5.74, 6) is 0. The minimum Gasteiger partial charge on any atom is -0.414 e. The molecular formula is C7H14N2OSi. The van der Waals surface area contributed by atoms with Gasteiger partial charge in [0.2, 0.25) is 0 Å². The van der Waals surface area contributed by atoms with Crippen molar-refractivity contribution in [2.45, 2.75) is 26.9 Å². The van der Waals surface area contributed by atoms with Crippen LogP contribution in [0.25, 0.3) is 0 Å². The van der Waals surface area contributed by atoms with Gasteiger partial charge < -0.3 is 4.80 Å². The molecule has 11 heavy (non-hydrogen) atoms. The Kier molecular flexibility index (Phi) is 1.90. The van der Waals surface area contributed by atoms with Gasteiger partial charge in [-0.15, -0.1) is 0 Å². The average Bonchev–Trinajstić information content (AvgIpc) is 2.08. The Hall–Kier alpha value is -0.613. The maximum atomic E-state index is 9.72. The molecule has 1 heterocycles. The van der Waals surface area contributed by atoms with Crippen LogP contribution in [-0.4, -0.2) is 22.7 Å². The second-order valence-corrected chi connectivity index (χ2v) is 6.75. The van der Waals surface area contributed by atoms with Gasteiger partial charge in [0.15, 0.2) is 0 Å². The van der Waals surface area contributed by atoms with Gasteiger partial charge in [-0.1, -0.05) is 0 Å². The quantitative estimate of drug-likeness (QED) is 0.640. The zero-order valence-electron chi connectivity index (χ0n) is 7.42. The molecule has 3 nitrogen and oxygen atoms in total. The molecule has 0 spiro atoms. The number of rotatable bonds is 1. The molecule has 1 aromatic heterocycles. The Balaban J connectivity index is 3.13. The molecule has 0 aliphatic carbocycles. The summed E-state index contributed by atoms with van der Waals surface area (Å²) >= 11 is 0. The van der Waals surface area contributed by atoms with Crippen molar-refractivity contribution in [2.24, 2.45) is 0 Å². The summed E-state index contributed by atoms with van der Waals surface area (Å²) in [4.78, 5) is 9.72. The van der Waals surface area contributed by atoms with Gasteiger partial charge in [-0.2, -0.15) is 5.10 Å². The van der Waals surface area contributed by atoms with Crippen LogP contribution in [0.5, 0.6) is 0 Å². The molecule has 0 saturated carbocycles. The van der Waals surface area contributed by atoms with E-state index >= 15 is 0 Å². The average molecular weight is 170 g/mol. The molecule has 0 unspecified atom stereocenters. The fourth-order valence-corrected chi connectivity index (χ4v) is 2.51. The summed E-state index contributed by atoms with van der Waals surface area (Å²) in [6.45, 7) is 7.60. The minimum absolute atomic E-state index is 0.970. The first-order valence-electron chi connectivity index (χ1n) is 3.67. The van der Waals surface area contributed by atoms with E-state index in [-0.39, 0.29) is 0 Å². The molecule has 1 N–H and O–H groups in total. The van der Waals surface area contributed by atoms with Crippen molar-refractivity contribution in [2.75, 3.05) is 0 Å². The van der Waals surface area contributed by atoms with Gasteiger partial charge in [-0.3, -0.25) is 4.35 Å². The fraction of sp³-hybridized carbons (Fsp3) is 0.571. The van der Waals surface area contributed by atoms with Crippen molar-refractivity contribution in [3.05, 3.63) is 17.5 Å². The van der Waals surface area contributed by atoms with Crippen molar-refractivity contribution >= 4 is 8.48 Å². The number of aromatic nitrogens is 2. The zero-order valence-corrected chi connectivity index (χ0v) is 8.42. The lowest BCUT2D eigenvalue weighted by molar-refractivity contribution is 0.517. The van der Waals surface area contributed by atoms with Gasteiger partial charge in [0.05, 0.1) is 5.69 Å². The van der Waals surface area contributed by atoms with Crippen molar-refractivity contribution in [3.8, 4) is 0 Å². The Morgan fingerprint density at radius 2 is 2.00 bits per heavy atom. The zero-order chi connectivity index (χ0) is 8.65. The van der Waals surface area contributed by atoms with Crippen LogP contribution in [0.1, 0.15) is 11.4 Å². The van der Waals surface area contributed by atoms with Crippen LogP contribution >= 0.6 is 0 Å². The van der Waals surface area contributed by atoms with Crippen LogP contribution in [0.15, 0.2) is 6.07 Å². The third-order valence-corrected chi connectivity index (χ3v) is 3.02. The lowest BCUT2D eigenvalue weighted by Gasteiger charge is -2.15.